The molecule has 100 valence electrons. The third-order valence-electron chi connectivity index (χ3n) is 3.23. The van der Waals surface area contributed by atoms with Gasteiger partial charge in [0.2, 0.25) is 5.91 Å². The Hall–Kier alpha value is -0.940. The standard InChI is InChI=1S/C13H18BrFN2O/c1-4-13(16,5-2)12(18)17-11-7-10(15)9(14)6-8(11)3/h6-7H,4-5,16H2,1-3H3,(H,17,18). The second kappa shape index (κ2) is 5.80. The van der Waals surface area contributed by atoms with Crippen molar-refractivity contribution >= 4 is 27.5 Å². The second-order valence-corrected chi connectivity index (χ2v) is 5.25. The zero-order valence-electron chi connectivity index (χ0n) is 10.8. The van der Waals surface area contributed by atoms with Crippen molar-refractivity contribution < 1.29 is 9.18 Å². The van der Waals surface area contributed by atoms with E-state index in [4.69, 9.17) is 5.73 Å². The van der Waals surface area contributed by atoms with Gasteiger partial charge in [-0.15, -0.1) is 0 Å². The third kappa shape index (κ3) is 3.09. The molecule has 1 aromatic carbocycles. The summed E-state index contributed by atoms with van der Waals surface area (Å²) in [4.78, 5) is 12.1. The molecule has 1 aromatic rings. The SMILES string of the molecule is CCC(N)(CC)C(=O)Nc1cc(F)c(Br)cc1C. The highest BCUT2D eigenvalue weighted by atomic mass is 79.9. The van der Waals surface area contributed by atoms with Crippen LogP contribution in [0.25, 0.3) is 0 Å². The number of nitrogens with two attached hydrogens (primary N) is 1. The molecule has 0 heterocycles. The van der Waals surface area contributed by atoms with Crippen LogP contribution in [0.5, 0.6) is 0 Å². The molecule has 0 spiro atoms. The van der Waals surface area contributed by atoms with Crippen molar-refractivity contribution in [1.29, 1.82) is 0 Å². The number of benzene rings is 1. The molecule has 3 nitrogen and oxygen atoms in total. The van der Waals surface area contributed by atoms with E-state index in [9.17, 15) is 9.18 Å². The van der Waals surface area contributed by atoms with Gasteiger partial charge in [0.05, 0.1) is 10.0 Å². The Labute approximate surface area is 115 Å². The van der Waals surface area contributed by atoms with E-state index in [0.717, 1.165) is 5.56 Å². The Morgan fingerprint density at radius 3 is 2.50 bits per heavy atom. The number of rotatable bonds is 4. The number of amides is 1. The van der Waals surface area contributed by atoms with Gasteiger partial charge in [0, 0.05) is 5.69 Å². The fourth-order valence-corrected chi connectivity index (χ4v) is 2.06. The minimum Gasteiger partial charge on any atom is -0.324 e. The maximum Gasteiger partial charge on any atom is 0.244 e. The van der Waals surface area contributed by atoms with E-state index in [1.54, 1.807) is 13.0 Å². The van der Waals surface area contributed by atoms with Crippen molar-refractivity contribution in [3.05, 3.63) is 28.0 Å². The minimum absolute atomic E-state index is 0.280. The number of hydrogen-bond acceptors (Lipinski definition) is 2. The second-order valence-electron chi connectivity index (χ2n) is 4.40. The first-order valence-electron chi connectivity index (χ1n) is 5.90. The molecule has 0 atom stereocenters. The Morgan fingerprint density at radius 1 is 1.44 bits per heavy atom. The molecule has 3 N–H and O–H groups in total. The van der Waals surface area contributed by atoms with Crippen molar-refractivity contribution in [3.8, 4) is 0 Å². The lowest BCUT2D eigenvalue weighted by molar-refractivity contribution is -0.121. The number of aryl methyl sites for hydroxylation is 1. The van der Waals surface area contributed by atoms with Crippen molar-refractivity contribution in [3.63, 3.8) is 0 Å². The maximum absolute atomic E-state index is 13.4. The van der Waals surface area contributed by atoms with E-state index < -0.39 is 11.4 Å². The fraction of sp³-hybridized carbons (Fsp3) is 0.462. The molecule has 18 heavy (non-hydrogen) atoms. The van der Waals surface area contributed by atoms with E-state index in [1.807, 2.05) is 13.8 Å². The van der Waals surface area contributed by atoms with Crippen molar-refractivity contribution in [2.24, 2.45) is 5.73 Å². The zero-order chi connectivity index (χ0) is 13.9. The fourth-order valence-electron chi connectivity index (χ4n) is 1.60. The lowest BCUT2D eigenvalue weighted by atomic mass is 9.93. The highest BCUT2D eigenvalue weighted by Gasteiger charge is 2.30. The molecule has 5 heteroatoms. The first kappa shape index (κ1) is 15.1. The number of halogens is 2. The van der Waals surface area contributed by atoms with E-state index >= 15 is 0 Å². The predicted molar refractivity (Wildman–Crippen MR) is 75.0 cm³/mol. The van der Waals surface area contributed by atoms with Gasteiger partial charge in [0.15, 0.2) is 0 Å². The van der Waals surface area contributed by atoms with Gasteiger partial charge in [-0.25, -0.2) is 4.39 Å². The predicted octanol–water partition coefficient (Wildman–Crippen LogP) is 3.35. The van der Waals surface area contributed by atoms with Gasteiger partial charge in [-0.05, 0) is 53.4 Å². The normalized spacial score (nSPS) is 11.4. The molecule has 0 radical (unpaired) electrons. The first-order valence-corrected chi connectivity index (χ1v) is 6.69. The topological polar surface area (TPSA) is 55.1 Å². The monoisotopic (exact) mass is 316 g/mol. The largest absolute Gasteiger partial charge is 0.324 e. The Kier molecular flexibility index (Phi) is 4.87. The molecule has 0 fully saturated rings. The van der Waals surface area contributed by atoms with E-state index in [2.05, 4.69) is 21.2 Å². The van der Waals surface area contributed by atoms with Gasteiger partial charge < -0.3 is 11.1 Å². The lowest BCUT2D eigenvalue weighted by Crippen LogP contribution is -2.50. The van der Waals surface area contributed by atoms with Gasteiger partial charge in [0.25, 0.3) is 0 Å². The van der Waals surface area contributed by atoms with Gasteiger partial charge >= 0.3 is 0 Å². The van der Waals surface area contributed by atoms with Gasteiger partial charge in [-0.1, -0.05) is 13.8 Å². The van der Waals surface area contributed by atoms with Crippen LogP contribution >= 0.6 is 15.9 Å². The van der Waals surface area contributed by atoms with Crippen LogP contribution in [0.3, 0.4) is 0 Å². The van der Waals surface area contributed by atoms with Gasteiger partial charge in [-0.3, -0.25) is 4.79 Å². The minimum atomic E-state index is -0.907. The number of carbonyl (C=O) groups excluding carboxylic acids is 1. The summed E-state index contributed by atoms with van der Waals surface area (Å²) in [6.07, 6.45) is 1.07. The van der Waals surface area contributed by atoms with Crippen molar-refractivity contribution in [2.45, 2.75) is 39.2 Å². The van der Waals surface area contributed by atoms with Crippen LogP contribution in [0.2, 0.25) is 0 Å². The number of hydrogen-bond donors (Lipinski definition) is 2. The zero-order valence-corrected chi connectivity index (χ0v) is 12.4. The summed E-state index contributed by atoms with van der Waals surface area (Å²) in [5.74, 6) is -0.691. The lowest BCUT2D eigenvalue weighted by Gasteiger charge is -2.25. The summed E-state index contributed by atoms with van der Waals surface area (Å²) < 4.78 is 13.8. The highest BCUT2D eigenvalue weighted by Crippen LogP contribution is 2.25. The Bertz CT molecular complexity index is 459. The van der Waals surface area contributed by atoms with Gasteiger partial charge in [0.1, 0.15) is 5.82 Å². The number of anilines is 1. The van der Waals surface area contributed by atoms with Crippen molar-refractivity contribution in [1.82, 2.24) is 0 Å². The van der Waals surface area contributed by atoms with Crippen LogP contribution in [0.4, 0.5) is 10.1 Å². The van der Waals surface area contributed by atoms with Gasteiger partial charge in [-0.2, -0.15) is 0 Å². The average Bonchev–Trinajstić information content (AvgIpc) is 2.34. The Morgan fingerprint density at radius 2 is 2.00 bits per heavy atom. The van der Waals surface area contributed by atoms with E-state index in [-0.39, 0.29) is 5.91 Å². The molecular weight excluding hydrogens is 299 g/mol. The van der Waals surface area contributed by atoms with Crippen LogP contribution in [0.1, 0.15) is 32.3 Å². The Balaban J connectivity index is 2.98. The van der Waals surface area contributed by atoms with Crippen molar-refractivity contribution in [2.75, 3.05) is 5.32 Å². The maximum atomic E-state index is 13.4. The molecule has 0 aliphatic rings. The summed E-state index contributed by atoms with van der Waals surface area (Å²) in [5, 5.41) is 2.70. The van der Waals surface area contributed by atoms with E-state index in [0.29, 0.717) is 23.0 Å². The summed E-state index contributed by atoms with van der Waals surface area (Å²) >= 11 is 3.10. The smallest absolute Gasteiger partial charge is 0.244 e. The molecule has 1 rings (SSSR count). The summed E-state index contributed by atoms with van der Waals surface area (Å²) in [5.41, 5.74) is 6.32. The van der Waals surface area contributed by atoms with Crippen LogP contribution in [0.15, 0.2) is 16.6 Å². The van der Waals surface area contributed by atoms with Crippen LogP contribution in [0, 0.1) is 12.7 Å². The van der Waals surface area contributed by atoms with Crippen LogP contribution < -0.4 is 11.1 Å². The molecular formula is C13H18BrFN2O. The van der Waals surface area contributed by atoms with Crippen LogP contribution in [-0.4, -0.2) is 11.4 Å². The summed E-state index contributed by atoms with van der Waals surface area (Å²) in [6.45, 7) is 5.52. The molecule has 0 aliphatic carbocycles. The summed E-state index contributed by atoms with van der Waals surface area (Å²) in [6, 6.07) is 2.92. The highest BCUT2D eigenvalue weighted by molar-refractivity contribution is 9.10. The summed E-state index contributed by atoms with van der Waals surface area (Å²) in [7, 11) is 0. The first-order chi connectivity index (χ1) is 8.34. The third-order valence-corrected chi connectivity index (χ3v) is 3.84. The molecule has 0 bridgehead atoms. The average molecular weight is 317 g/mol. The van der Waals surface area contributed by atoms with E-state index in [1.165, 1.54) is 6.07 Å². The molecule has 0 saturated carbocycles. The quantitative estimate of drug-likeness (QED) is 0.895. The molecule has 1 amide bonds. The molecule has 0 saturated heterocycles. The number of carbonyl (C=O) groups is 1. The molecule has 0 aromatic heterocycles. The molecule has 0 aliphatic heterocycles. The number of nitrogens with one attached hydrogen (secondary N) is 1. The van der Waals surface area contributed by atoms with Crippen LogP contribution in [-0.2, 0) is 4.79 Å². The molecule has 0 unspecified atom stereocenters.